The van der Waals surface area contributed by atoms with Gasteiger partial charge in [-0.1, -0.05) is 401 Å². The van der Waals surface area contributed by atoms with E-state index in [-0.39, 0.29) is 25.7 Å². The van der Waals surface area contributed by atoms with E-state index < -0.39 is 97.5 Å². The van der Waals surface area contributed by atoms with Crippen molar-refractivity contribution in [3.63, 3.8) is 0 Å². The van der Waals surface area contributed by atoms with Gasteiger partial charge in [-0.2, -0.15) is 0 Å². The van der Waals surface area contributed by atoms with Crippen LogP contribution in [-0.2, 0) is 65.4 Å². The fourth-order valence-electron chi connectivity index (χ4n) is 13.1. The molecule has 0 saturated heterocycles. The monoisotopic (exact) mass is 1510 g/mol. The average molecular weight is 1510 g/mol. The van der Waals surface area contributed by atoms with Crippen LogP contribution >= 0.6 is 15.6 Å². The molecule has 0 aliphatic rings. The van der Waals surface area contributed by atoms with Gasteiger partial charge in [-0.25, -0.2) is 9.13 Å². The van der Waals surface area contributed by atoms with E-state index in [0.717, 1.165) is 95.8 Å². The molecule has 0 aliphatic heterocycles. The lowest BCUT2D eigenvalue weighted by Crippen LogP contribution is -2.30. The van der Waals surface area contributed by atoms with Crippen molar-refractivity contribution in [1.29, 1.82) is 0 Å². The maximum absolute atomic E-state index is 13.1. The highest BCUT2D eigenvalue weighted by Gasteiger charge is 2.30. The molecule has 0 aromatic rings. The first-order valence-electron chi connectivity index (χ1n) is 43.6. The number of phosphoric acid groups is 2. The summed E-state index contributed by atoms with van der Waals surface area (Å²) >= 11 is 0. The van der Waals surface area contributed by atoms with Gasteiger partial charge in [0.15, 0.2) is 12.2 Å². The number of carbonyl (C=O) groups excluding carboxylic acids is 4. The van der Waals surface area contributed by atoms with E-state index in [9.17, 15) is 43.2 Å². The van der Waals surface area contributed by atoms with E-state index in [4.69, 9.17) is 37.0 Å². The number of esters is 4. The summed E-state index contributed by atoms with van der Waals surface area (Å²) in [6.45, 7) is 7.32. The molecule has 5 atom stereocenters. The summed E-state index contributed by atoms with van der Waals surface area (Å²) < 4.78 is 68.8. The van der Waals surface area contributed by atoms with Crippen LogP contribution in [0.25, 0.3) is 0 Å². The second-order valence-electron chi connectivity index (χ2n) is 30.7. The Bertz CT molecular complexity index is 1960. The topological polar surface area (TPSA) is 237 Å². The highest BCUT2D eigenvalue weighted by molar-refractivity contribution is 7.47. The van der Waals surface area contributed by atoms with Crippen LogP contribution in [0, 0.1) is 5.92 Å². The minimum absolute atomic E-state index is 0.107. The summed E-state index contributed by atoms with van der Waals surface area (Å²) in [7, 11) is -9.92. The van der Waals surface area contributed by atoms with Crippen LogP contribution in [0.1, 0.15) is 452 Å². The minimum Gasteiger partial charge on any atom is -0.462 e. The number of aliphatic hydroxyl groups is 1. The molecule has 612 valence electrons. The summed E-state index contributed by atoms with van der Waals surface area (Å²) in [6, 6.07) is 0. The molecule has 0 saturated carbocycles. The van der Waals surface area contributed by atoms with Crippen LogP contribution in [0.4, 0.5) is 0 Å². The standard InChI is InChI=1S/C84H164O17P2/c1-6-9-12-15-18-21-24-26-28-30-32-33-34-35-37-39-41-43-49-54-59-64-69-83(88)100-80(74-95-82(87)68-63-58-53-48-42-40-38-36-31-29-27-25-22-19-16-13-10-7-2)76-99-103(92,93)97-72-78(85)71-96-102(90,91)98-75-79(73-94-81(86)67-62-57-52-47-23-20-17-14-11-8-3)101-84(89)70-65-60-55-50-45-44-46-51-56-61-66-77(4)5/h77-80,85H,6-76H2,1-5H3,(H,90,91)(H,92,93)/t78-,79+,80+/m0/s1. The number of hydrogen-bond acceptors (Lipinski definition) is 15. The molecular formula is C84H164O17P2. The number of unbranched alkanes of at least 4 members (excludes halogenated alkanes) is 56. The third-order valence-corrected chi connectivity index (χ3v) is 21.7. The van der Waals surface area contributed by atoms with Crippen molar-refractivity contribution in [2.45, 2.75) is 470 Å². The van der Waals surface area contributed by atoms with Gasteiger partial charge >= 0.3 is 39.5 Å². The number of carbonyl (C=O) groups is 4. The molecular weight excluding hydrogens is 1340 g/mol. The predicted octanol–water partition coefficient (Wildman–Crippen LogP) is 25.6. The molecule has 2 unspecified atom stereocenters. The summed E-state index contributed by atoms with van der Waals surface area (Å²) in [5, 5.41) is 10.7. The molecule has 0 aliphatic carbocycles. The fourth-order valence-corrected chi connectivity index (χ4v) is 14.7. The number of hydrogen-bond donors (Lipinski definition) is 3. The number of ether oxygens (including phenoxy) is 4. The molecule has 0 bridgehead atoms. The van der Waals surface area contributed by atoms with Gasteiger partial charge in [0.05, 0.1) is 26.4 Å². The van der Waals surface area contributed by atoms with Crippen LogP contribution in [0.15, 0.2) is 0 Å². The smallest absolute Gasteiger partial charge is 0.462 e. The van der Waals surface area contributed by atoms with E-state index in [2.05, 4.69) is 34.6 Å². The first kappa shape index (κ1) is 101. The Morgan fingerprint density at radius 2 is 0.447 bits per heavy atom. The van der Waals surface area contributed by atoms with Crippen molar-refractivity contribution < 1.29 is 80.2 Å². The SMILES string of the molecule is CCCCCCCCCCCCCCCCCCCCCCCCC(=O)O[C@H](COC(=O)CCCCCCCCCCCCCCCCCCCC)COP(=O)(O)OC[C@@H](O)COP(=O)(O)OC[C@@H](COC(=O)CCCCCCCCCCCC)OC(=O)CCCCCCCCCCCCC(C)C. The highest BCUT2D eigenvalue weighted by atomic mass is 31.2. The van der Waals surface area contributed by atoms with Crippen LogP contribution in [0.5, 0.6) is 0 Å². The van der Waals surface area contributed by atoms with Crippen molar-refractivity contribution in [1.82, 2.24) is 0 Å². The molecule has 3 N–H and O–H groups in total. The quantitative estimate of drug-likeness (QED) is 0.0222. The first-order chi connectivity index (χ1) is 50.0. The van der Waals surface area contributed by atoms with Crippen molar-refractivity contribution in [2.24, 2.45) is 5.92 Å². The normalized spacial score (nSPS) is 13.8. The van der Waals surface area contributed by atoms with Gasteiger partial charge in [0.25, 0.3) is 0 Å². The highest BCUT2D eigenvalue weighted by Crippen LogP contribution is 2.45. The van der Waals surface area contributed by atoms with E-state index in [0.29, 0.717) is 25.7 Å². The predicted molar refractivity (Wildman–Crippen MR) is 423 cm³/mol. The van der Waals surface area contributed by atoms with Crippen LogP contribution in [0.2, 0.25) is 0 Å². The van der Waals surface area contributed by atoms with E-state index in [1.807, 2.05) is 0 Å². The summed E-state index contributed by atoms with van der Waals surface area (Å²) in [4.78, 5) is 73.1. The van der Waals surface area contributed by atoms with Gasteiger partial charge in [-0.05, 0) is 31.6 Å². The van der Waals surface area contributed by atoms with Crippen molar-refractivity contribution in [3.05, 3.63) is 0 Å². The van der Waals surface area contributed by atoms with E-state index in [1.165, 1.54) is 276 Å². The van der Waals surface area contributed by atoms with Gasteiger partial charge in [-0.3, -0.25) is 37.3 Å². The Kier molecular flexibility index (Phi) is 75.4. The lowest BCUT2D eigenvalue weighted by atomic mass is 10.0. The molecule has 0 aromatic carbocycles. The second-order valence-corrected chi connectivity index (χ2v) is 33.6. The van der Waals surface area contributed by atoms with Crippen LogP contribution in [-0.4, -0.2) is 96.7 Å². The number of aliphatic hydroxyl groups excluding tert-OH is 1. The Balaban J connectivity index is 5.20. The Morgan fingerprint density at radius 1 is 0.262 bits per heavy atom. The average Bonchev–Trinajstić information content (AvgIpc) is 0.916. The van der Waals surface area contributed by atoms with Crippen LogP contribution in [0.3, 0.4) is 0 Å². The van der Waals surface area contributed by atoms with E-state index >= 15 is 0 Å². The molecule has 17 nitrogen and oxygen atoms in total. The molecule has 103 heavy (non-hydrogen) atoms. The van der Waals surface area contributed by atoms with Gasteiger partial charge < -0.3 is 33.8 Å². The first-order valence-corrected chi connectivity index (χ1v) is 46.6. The van der Waals surface area contributed by atoms with Gasteiger partial charge in [-0.15, -0.1) is 0 Å². The Morgan fingerprint density at radius 3 is 0.660 bits per heavy atom. The maximum atomic E-state index is 13.1. The van der Waals surface area contributed by atoms with Crippen molar-refractivity contribution in [2.75, 3.05) is 39.6 Å². The third-order valence-electron chi connectivity index (χ3n) is 19.8. The van der Waals surface area contributed by atoms with Gasteiger partial charge in [0.2, 0.25) is 0 Å². The molecule has 0 radical (unpaired) electrons. The zero-order valence-electron chi connectivity index (χ0n) is 67.5. The molecule has 0 amide bonds. The zero-order chi connectivity index (χ0) is 75.5. The lowest BCUT2D eigenvalue weighted by Gasteiger charge is -2.21. The van der Waals surface area contributed by atoms with Crippen molar-refractivity contribution in [3.8, 4) is 0 Å². The number of phosphoric ester groups is 2. The Hall–Kier alpha value is -1.94. The molecule has 0 rings (SSSR count). The van der Waals surface area contributed by atoms with Crippen molar-refractivity contribution >= 4 is 39.5 Å². The molecule has 0 aromatic heterocycles. The fraction of sp³-hybridized carbons (Fsp3) is 0.952. The maximum Gasteiger partial charge on any atom is 0.472 e. The van der Waals surface area contributed by atoms with Gasteiger partial charge in [0.1, 0.15) is 19.3 Å². The molecule has 0 fully saturated rings. The van der Waals surface area contributed by atoms with E-state index in [1.54, 1.807) is 0 Å². The summed E-state index contributed by atoms with van der Waals surface area (Å²) in [5.74, 6) is -1.35. The summed E-state index contributed by atoms with van der Waals surface area (Å²) in [6.07, 6.45) is 69.5. The molecule has 0 spiro atoms. The van der Waals surface area contributed by atoms with Crippen LogP contribution < -0.4 is 0 Å². The second kappa shape index (κ2) is 76.8. The summed E-state index contributed by atoms with van der Waals surface area (Å²) in [5.41, 5.74) is 0. The molecule has 19 heteroatoms. The van der Waals surface area contributed by atoms with Gasteiger partial charge in [0, 0.05) is 25.7 Å². The Labute approximate surface area is 632 Å². The molecule has 0 heterocycles. The third kappa shape index (κ3) is 78.0. The zero-order valence-corrected chi connectivity index (χ0v) is 69.3. The minimum atomic E-state index is -4.96. The number of rotatable bonds is 84. The largest absolute Gasteiger partial charge is 0.472 e. The lowest BCUT2D eigenvalue weighted by molar-refractivity contribution is -0.161.